The molecule has 1 aromatic carbocycles. The Morgan fingerprint density at radius 3 is 2.36 bits per heavy atom. The summed E-state index contributed by atoms with van der Waals surface area (Å²) in [6, 6.07) is 6.42. The number of benzene rings is 1. The van der Waals surface area contributed by atoms with E-state index in [1.54, 1.807) is 12.1 Å². The van der Waals surface area contributed by atoms with E-state index in [2.05, 4.69) is 19.5 Å². The third kappa shape index (κ3) is 2.58. The lowest BCUT2D eigenvalue weighted by Gasteiger charge is -1.99. The third-order valence-corrected chi connectivity index (χ3v) is 4.18. The predicted octanol–water partition coefficient (Wildman–Crippen LogP) is 2.81. The van der Waals surface area contributed by atoms with Crippen molar-refractivity contribution in [2.45, 2.75) is 0 Å². The van der Waals surface area contributed by atoms with E-state index in [1.807, 2.05) is 0 Å². The molecule has 0 heterocycles. The minimum atomic E-state index is -0.377. The number of rotatable bonds is 2. The van der Waals surface area contributed by atoms with Crippen LogP contribution in [0.5, 0.6) is 0 Å². The Morgan fingerprint density at radius 2 is 1.91 bits per heavy atom. The van der Waals surface area contributed by atoms with Crippen LogP contribution >= 0.6 is 12.9 Å². The van der Waals surface area contributed by atoms with Crippen LogP contribution in [0.2, 0.25) is 0 Å². The van der Waals surface area contributed by atoms with Crippen LogP contribution in [-0.2, 0) is 0 Å². The minimum Gasteiger partial charge on any atom is -0.296 e. The minimum absolute atomic E-state index is 0.196. The molecule has 0 radical (unpaired) electrons. The smallest absolute Gasteiger partial charge is 0.296 e. The molecule has 0 spiro atoms. The summed E-state index contributed by atoms with van der Waals surface area (Å²) in [6.07, 6.45) is 0. The summed E-state index contributed by atoms with van der Waals surface area (Å²) >= 11 is 3.04. The number of halogens is 2. The van der Waals surface area contributed by atoms with Crippen LogP contribution in [0.4, 0.5) is 4.39 Å². The van der Waals surface area contributed by atoms with Crippen LogP contribution in [0.15, 0.2) is 30.8 Å². The molecular weight excluding hydrogens is 219 g/mol. The van der Waals surface area contributed by atoms with Gasteiger partial charge in [-0.1, -0.05) is 17.7 Å². The maximum absolute atomic E-state index is 12.4. The summed E-state index contributed by atoms with van der Waals surface area (Å²) in [7, 11) is 0. The van der Waals surface area contributed by atoms with Gasteiger partial charge in [0.25, 0.3) is 0 Å². The maximum atomic E-state index is 12.4. The molecular formula is C8H6BrFMg. The van der Waals surface area contributed by atoms with Gasteiger partial charge in [0.1, 0.15) is 5.82 Å². The quantitative estimate of drug-likeness (QED) is 0.679. The highest BCUT2D eigenvalue weighted by atomic mass is 79.9. The standard InChI is InChI=1S/C8H6F.BrH.Mg/c1-2-7-3-5-8(9)6-4-7;;/h3-6H,1H2;1H;/q;;+1/p-1. The second-order valence-electron chi connectivity index (χ2n) is 2.24. The molecule has 0 unspecified atom stereocenters. The van der Waals surface area contributed by atoms with E-state index in [9.17, 15) is 4.39 Å². The molecule has 0 aliphatic rings. The summed E-state index contributed by atoms with van der Waals surface area (Å²) in [5.41, 5.74) is 1.04. The van der Waals surface area contributed by atoms with Crippen LogP contribution < -0.4 is 0 Å². The van der Waals surface area contributed by atoms with E-state index >= 15 is 0 Å². The molecule has 0 nitrogen and oxygen atoms in total. The average Bonchev–Trinajstić information content (AvgIpc) is 2.05. The Balaban J connectivity index is 2.90. The molecule has 1 rings (SSSR count). The Labute approximate surface area is 81.1 Å². The molecule has 0 aliphatic carbocycles. The molecule has 3 heteroatoms. The van der Waals surface area contributed by atoms with Crippen molar-refractivity contribution in [3.8, 4) is 0 Å². The van der Waals surface area contributed by atoms with Gasteiger partial charge >= 0.3 is 18.2 Å². The highest BCUT2D eigenvalue weighted by molar-refractivity contribution is 9.23. The summed E-state index contributed by atoms with van der Waals surface area (Å²) < 4.78 is 13.5. The van der Waals surface area contributed by atoms with E-state index in [0.717, 1.165) is 9.27 Å². The van der Waals surface area contributed by atoms with Crippen molar-refractivity contribution in [2.75, 3.05) is 0 Å². The van der Waals surface area contributed by atoms with Gasteiger partial charge in [-0.15, -0.1) is 6.58 Å². The maximum Gasteiger partial charge on any atom is 0.506 e. The molecule has 1 aromatic rings. The van der Waals surface area contributed by atoms with Crippen LogP contribution in [0, 0.1) is 5.82 Å². The monoisotopic (exact) mass is 224 g/mol. The first-order valence-electron chi connectivity index (χ1n) is 3.23. The van der Waals surface area contributed by atoms with Gasteiger partial charge in [-0.3, -0.25) is 12.9 Å². The summed E-state index contributed by atoms with van der Waals surface area (Å²) in [5, 5.41) is 0. The molecule has 0 atom stereocenters. The van der Waals surface area contributed by atoms with Gasteiger partial charge in [-0.2, -0.15) is 3.70 Å². The fraction of sp³-hybridized carbons (Fsp3) is 0. The zero-order chi connectivity index (χ0) is 8.27. The van der Waals surface area contributed by atoms with Gasteiger partial charge in [0.2, 0.25) is 0 Å². The first kappa shape index (κ1) is 9.23. The Kier molecular flexibility index (Phi) is 3.55. The van der Waals surface area contributed by atoms with E-state index in [4.69, 9.17) is 0 Å². The molecule has 0 saturated carbocycles. The van der Waals surface area contributed by atoms with Crippen LogP contribution in [0.25, 0.3) is 3.70 Å². The molecule has 0 saturated heterocycles. The first-order valence-corrected chi connectivity index (χ1v) is 7.84. The fourth-order valence-corrected chi connectivity index (χ4v) is 2.12. The molecule has 0 bridgehead atoms. The summed E-state index contributed by atoms with van der Waals surface area (Å²) in [5.74, 6) is -0.196. The Morgan fingerprint density at radius 1 is 1.36 bits per heavy atom. The van der Waals surface area contributed by atoms with Crippen LogP contribution in [0.1, 0.15) is 5.56 Å². The zero-order valence-electron chi connectivity index (χ0n) is 5.98. The lowest BCUT2D eigenvalue weighted by atomic mass is 10.2. The van der Waals surface area contributed by atoms with Crippen molar-refractivity contribution in [2.24, 2.45) is 0 Å². The Hall–Kier alpha value is 0.136. The van der Waals surface area contributed by atoms with Gasteiger partial charge in [0, 0.05) is 0 Å². The second-order valence-corrected chi connectivity index (χ2v) is 5.05. The van der Waals surface area contributed by atoms with Crippen molar-refractivity contribution in [3.63, 3.8) is 0 Å². The highest BCUT2D eigenvalue weighted by Gasteiger charge is 1.99. The van der Waals surface area contributed by atoms with Crippen LogP contribution in [-0.4, -0.2) is 18.2 Å². The number of hydrogen-bond acceptors (Lipinski definition) is 0. The van der Waals surface area contributed by atoms with Gasteiger partial charge in [-0.25, -0.2) is 4.39 Å². The highest BCUT2D eigenvalue weighted by Crippen LogP contribution is 2.12. The van der Waals surface area contributed by atoms with E-state index in [1.165, 1.54) is 12.1 Å². The lowest BCUT2D eigenvalue weighted by molar-refractivity contribution is 0.628. The van der Waals surface area contributed by atoms with Crippen LogP contribution in [0.3, 0.4) is 0 Å². The molecule has 0 aromatic heterocycles. The van der Waals surface area contributed by atoms with Gasteiger partial charge < -0.3 is 0 Å². The van der Waals surface area contributed by atoms with Crippen molar-refractivity contribution in [1.29, 1.82) is 0 Å². The van der Waals surface area contributed by atoms with Gasteiger partial charge in [0.05, 0.1) is 0 Å². The molecule has 0 N–H and O–H groups in total. The summed E-state index contributed by atoms with van der Waals surface area (Å²) in [6.45, 7) is 3.87. The molecule has 0 fully saturated rings. The molecule has 0 amide bonds. The summed E-state index contributed by atoms with van der Waals surface area (Å²) in [4.78, 5) is 0. The normalized spacial score (nSPS) is 8.91. The van der Waals surface area contributed by atoms with Crippen molar-refractivity contribution >= 4 is 34.8 Å². The number of hydrogen-bond donors (Lipinski definition) is 0. The third-order valence-electron chi connectivity index (χ3n) is 1.41. The topological polar surface area (TPSA) is 0 Å². The van der Waals surface area contributed by atoms with Crippen molar-refractivity contribution < 1.29 is 4.39 Å². The van der Waals surface area contributed by atoms with Gasteiger partial charge in [-0.05, 0) is 12.1 Å². The van der Waals surface area contributed by atoms with Gasteiger partial charge in [0.15, 0.2) is 0 Å². The lowest BCUT2D eigenvalue weighted by Crippen LogP contribution is -1.85. The fourth-order valence-electron chi connectivity index (χ4n) is 0.763. The van der Waals surface area contributed by atoms with E-state index in [0.29, 0.717) is 0 Å². The SMILES string of the molecule is C=[C]([Mg][Br])c1ccc(F)cc1. The first-order chi connectivity index (χ1) is 5.24. The van der Waals surface area contributed by atoms with Crippen molar-refractivity contribution in [1.82, 2.24) is 0 Å². The molecule has 54 valence electrons. The largest absolute Gasteiger partial charge is 0.506 e. The Bertz CT molecular complexity index is 255. The van der Waals surface area contributed by atoms with E-state index in [-0.39, 0.29) is 24.0 Å². The molecule has 11 heavy (non-hydrogen) atoms. The second kappa shape index (κ2) is 4.23. The predicted molar refractivity (Wildman–Crippen MR) is 50.1 cm³/mol. The zero-order valence-corrected chi connectivity index (χ0v) is 8.98. The van der Waals surface area contributed by atoms with E-state index < -0.39 is 0 Å². The van der Waals surface area contributed by atoms with Crippen molar-refractivity contribution in [3.05, 3.63) is 42.2 Å². The molecule has 0 aliphatic heterocycles. The average molecular weight is 225 g/mol.